The van der Waals surface area contributed by atoms with Crippen LogP contribution in [0.1, 0.15) is 77.2 Å². The lowest BCUT2D eigenvalue weighted by molar-refractivity contribution is -0.169. The van der Waals surface area contributed by atoms with Gasteiger partial charge in [-0.05, 0) is 83.2 Å². The zero-order chi connectivity index (χ0) is 29.1. The van der Waals surface area contributed by atoms with Crippen molar-refractivity contribution in [1.29, 1.82) is 0 Å². The summed E-state index contributed by atoms with van der Waals surface area (Å²) in [4.78, 5) is 42.8. The van der Waals surface area contributed by atoms with Crippen LogP contribution < -0.4 is 5.32 Å². The quantitative estimate of drug-likeness (QED) is 0.267. The standard InChI is InChI=1S/C30H35FN2O6/c1-8-17-9-12-22(31)21(15-17)25(26(34)35)33-19-10-11-20-18(16-19)13-14-32-24(20)23(27(36)38-29(2,3)4)28(37)39-30(5,6)7/h9-16,23,25,33H,8H2,1-7H3,(H,34,35). The van der Waals surface area contributed by atoms with Crippen molar-refractivity contribution in [3.8, 4) is 0 Å². The smallest absolute Gasteiger partial charge is 0.330 e. The maximum atomic E-state index is 14.6. The van der Waals surface area contributed by atoms with E-state index in [0.717, 1.165) is 5.56 Å². The van der Waals surface area contributed by atoms with Gasteiger partial charge in [-0.15, -0.1) is 0 Å². The van der Waals surface area contributed by atoms with Gasteiger partial charge >= 0.3 is 17.9 Å². The molecule has 0 amide bonds. The van der Waals surface area contributed by atoms with Crippen molar-refractivity contribution >= 4 is 34.4 Å². The van der Waals surface area contributed by atoms with E-state index in [9.17, 15) is 23.9 Å². The lowest BCUT2D eigenvalue weighted by Crippen LogP contribution is -2.36. The zero-order valence-corrected chi connectivity index (χ0v) is 23.3. The molecule has 208 valence electrons. The Hall–Kier alpha value is -4.01. The molecule has 0 saturated carbocycles. The minimum Gasteiger partial charge on any atom is -0.479 e. The van der Waals surface area contributed by atoms with E-state index in [2.05, 4.69) is 10.3 Å². The van der Waals surface area contributed by atoms with E-state index in [4.69, 9.17) is 9.47 Å². The fraction of sp³-hybridized carbons (Fsp3) is 0.400. The second kappa shape index (κ2) is 11.4. The number of halogens is 1. The Kier molecular flexibility index (Phi) is 8.63. The number of hydrogen-bond acceptors (Lipinski definition) is 7. The number of fused-ring (bicyclic) bond motifs is 1. The number of esters is 2. The minimum absolute atomic E-state index is 0.0206. The summed E-state index contributed by atoms with van der Waals surface area (Å²) in [5, 5.41) is 13.8. The van der Waals surface area contributed by atoms with Gasteiger partial charge in [0.15, 0.2) is 12.0 Å². The number of benzene rings is 2. The van der Waals surface area contributed by atoms with Crippen LogP contribution in [0, 0.1) is 5.82 Å². The van der Waals surface area contributed by atoms with Gasteiger partial charge in [0, 0.05) is 22.8 Å². The molecule has 1 aromatic heterocycles. The van der Waals surface area contributed by atoms with Gasteiger partial charge in [0.1, 0.15) is 17.0 Å². The Balaban J connectivity index is 2.05. The molecule has 0 aliphatic rings. The molecule has 1 unspecified atom stereocenters. The van der Waals surface area contributed by atoms with Crippen molar-refractivity contribution < 1.29 is 33.4 Å². The minimum atomic E-state index is -1.44. The highest BCUT2D eigenvalue weighted by Crippen LogP contribution is 2.32. The van der Waals surface area contributed by atoms with Crippen molar-refractivity contribution in [2.24, 2.45) is 0 Å². The highest BCUT2D eigenvalue weighted by molar-refractivity contribution is 6.04. The molecule has 2 aromatic carbocycles. The molecule has 0 saturated heterocycles. The second-order valence-electron chi connectivity index (χ2n) is 11.3. The van der Waals surface area contributed by atoms with Crippen LogP contribution >= 0.6 is 0 Å². The lowest BCUT2D eigenvalue weighted by Gasteiger charge is -2.26. The number of aryl methyl sites for hydroxylation is 1. The molecule has 0 radical (unpaired) electrons. The Morgan fingerprint density at radius 1 is 0.949 bits per heavy atom. The second-order valence-corrected chi connectivity index (χ2v) is 11.3. The van der Waals surface area contributed by atoms with Crippen LogP contribution in [0.25, 0.3) is 10.8 Å². The average Bonchev–Trinajstić information content (AvgIpc) is 2.80. The SMILES string of the molecule is CCc1ccc(F)c(C(Nc2ccc3c(C(C(=O)OC(C)(C)C)C(=O)OC(C)(C)C)nccc3c2)C(=O)O)c1. The molecule has 2 N–H and O–H groups in total. The molecule has 1 atom stereocenters. The van der Waals surface area contributed by atoms with Gasteiger partial charge in [0.2, 0.25) is 0 Å². The molecule has 0 spiro atoms. The zero-order valence-electron chi connectivity index (χ0n) is 23.3. The summed E-state index contributed by atoms with van der Waals surface area (Å²) in [5.41, 5.74) is -0.320. The summed E-state index contributed by atoms with van der Waals surface area (Å²) in [5.74, 6) is -4.90. The predicted octanol–water partition coefficient (Wildman–Crippen LogP) is 5.94. The van der Waals surface area contributed by atoms with Gasteiger partial charge in [-0.3, -0.25) is 14.6 Å². The van der Waals surface area contributed by atoms with E-state index in [1.165, 1.54) is 18.3 Å². The van der Waals surface area contributed by atoms with Crippen LogP contribution in [0.3, 0.4) is 0 Å². The molecular formula is C30H35FN2O6. The highest BCUT2D eigenvalue weighted by Gasteiger charge is 2.38. The topological polar surface area (TPSA) is 115 Å². The Labute approximate surface area is 227 Å². The van der Waals surface area contributed by atoms with Crippen LogP contribution in [-0.4, -0.2) is 39.2 Å². The Morgan fingerprint density at radius 2 is 1.56 bits per heavy atom. The maximum Gasteiger partial charge on any atom is 0.330 e. The van der Waals surface area contributed by atoms with E-state index in [1.807, 2.05) is 6.92 Å². The normalized spacial score (nSPS) is 12.7. The van der Waals surface area contributed by atoms with Crippen LogP contribution in [-0.2, 0) is 30.3 Å². The number of anilines is 1. The first-order valence-electron chi connectivity index (χ1n) is 12.7. The molecule has 0 aliphatic carbocycles. The molecule has 8 nitrogen and oxygen atoms in total. The van der Waals surface area contributed by atoms with Crippen LogP contribution in [0.5, 0.6) is 0 Å². The van der Waals surface area contributed by atoms with Crippen LogP contribution in [0.4, 0.5) is 10.1 Å². The summed E-state index contributed by atoms with van der Waals surface area (Å²) in [7, 11) is 0. The van der Waals surface area contributed by atoms with E-state index >= 15 is 0 Å². The predicted molar refractivity (Wildman–Crippen MR) is 146 cm³/mol. The number of nitrogens with zero attached hydrogens (tertiary/aromatic N) is 1. The summed E-state index contributed by atoms with van der Waals surface area (Å²) in [6, 6.07) is 9.61. The van der Waals surface area contributed by atoms with Gasteiger partial charge in [0.05, 0.1) is 5.69 Å². The number of ether oxygens (including phenoxy) is 2. The summed E-state index contributed by atoms with van der Waals surface area (Å²) < 4.78 is 25.7. The number of carbonyl (C=O) groups is 3. The molecule has 0 bridgehead atoms. The van der Waals surface area contributed by atoms with Crippen molar-refractivity contribution in [2.45, 2.75) is 78.0 Å². The summed E-state index contributed by atoms with van der Waals surface area (Å²) in [6.07, 6.45) is 2.07. The molecule has 1 heterocycles. The number of rotatable bonds is 8. The molecule has 3 rings (SSSR count). The van der Waals surface area contributed by atoms with Crippen LogP contribution in [0.2, 0.25) is 0 Å². The monoisotopic (exact) mass is 538 g/mol. The first-order chi connectivity index (χ1) is 18.1. The van der Waals surface area contributed by atoms with Gasteiger partial charge in [0.25, 0.3) is 0 Å². The molecular weight excluding hydrogens is 503 g/mol. The van der Waals surface area contributed by atoms with Crippen molar-refractivity contribution in [2.75, 3.05) is 5.32 Å². The van der Waals surface area contributed by atoms with Gasteiger partial charge < -0.3 is 19.9 Å². The maximum absolute atomic E-state index is 14.6. The fourth-order valence-electron chi connectivity index (χ4n) is 4.04. The van der Waals surface area contributed by atoms with E-state index < -0.39 is 46.9 Å². The first kappa shape index (κ1) is 29.5. The van der Waals surface area contributed by atoms with Gasteiger partial charge in [-0.1, -0.05) is 25.1 Å². The van der Waals surface area contributed by atoms with E-state index in [0.29, 0.717) is 22.9 Å². The fourth-order valence-corrected chi connectivity index (χ4v) is 4.04. The number of aromatic nitrogens is 1. The lowest BCUT2D eigenvalue weighted by atomic mass is 9.97. The van der Waals surface area contributed by atoms with Gasteiger partial charge in [-0.2, -0.15) is 0 Å². The van der Waals surface area contributed by atoms with Gasteiger partial charge in [-0.25, -0.2) is 9.18 Å². The molecule has 0 aliphatic heterocycles. The van der Waals surface area contributed by atoms with Crippen molar-refractivity contribution in [1.82, 2.24) is 4.98 Å². The third-order valence-electron chi connectivity index (χ3n) is 5.69. The number of pyridine rings is 1. The molecule has 9 heteroatoms. The molecule has 0 fully saturated rings. The highest BCUT2D eigenvalue weighted by atomic mass is 19.1. The van der Waals surface area contributed by atoms with Crippen molar-refractivity contribution in [3.63, 3.8) is 0 Å². The Morgan fingerprint density at radius 3 is 2.10 bits per heavy atom. The number of aliphatic carboxylic acids is 1. The number of nitrogens with one attached hydrogen (secondary N) is 1. The van der Waals surface area contributed by atoms with Crippen LogP contribution in [0.15, 0.2) is 48.7 Å². The Bertz CT molecular complexity index is 1360. The average molecular weight is 539 g/mol. The number of carbonyl (C=O) groups excluding carboxylic acids is 2. The number of carboxylic acids is 1. The summed E-state index contributed by atoms with van der Waals surface area (Å²) in [6.45, 7) is 12.1. The molecule has 3 aromatic rings. The van der Waals surface area contributed by atoms with E-state index in [-0.39, 0.29) is 11.3 Å². The number of carboxylic acid groups (broad SMARTS) is 1. The van der Waals surface area contributed by atoms with Crippen molar-refractivity contribution in [3.05, 3.63) is 71.3 Å². The largest absolute Gasteiger partial charge is 0.479 e. The molecule has 39 heavy (non-hydrogen) atoms. The number of hydrogen-bond donors (Lipinski definition) is 2. The third kappa shape index (κ3) is 7.52. The summed E-state index contributed by atoms with van der Waals surface area (Å²) >= 11 is 0. The first-order valence-corrected chi connectivity index (χ1v) is 12.7. The van der Waals surface area contributed by atoms with E-state index in [1.54, 1.807) is 71.9 Å². The third-order valence-corrected chi connectivity index (χ3v) is 5.69.